The zero-order valence-corrected chi connectivity index (χ0v) is 18.4. The Balaban J connectivity index is 1.62. The van der Waals surface area contributed by atoms with Crippen molar-refractivity contribution in [3.8, 4) is 0 Å². The molecule has 2 saturated heterocycles. The van der Waals surface area contributed by atoms with Gasteiger partial charge < -0.3 is 20.5 Å². The summed E-state index contributed by atoms with van der Waals surface area (Å²) < 4.78 is 85.0. The van der Waals surface area contributed by atoms with Gasteiger partial charge in [0.15, 0.2) is 0 Å². The van der Waals surface area contributed by atoms with Gasteiger partial charge in [-0.25, -0.2) is 0 Å². The van der Waals surface area contributed by atoms with Gasteiger partial charge in [-0.05, 0) is 36.2 Å². The molecule has 0 unspecified atom stereocenters. The van der Waals surface area contributed by atoms with E-state index in [2.05, 4.69) is 10.6 Å². The minimum Gasteiger partial charge on any atom is -0.388 e. The van der Waals surface area contributed by atoms with Crippen LogP contribution in [0.1, 0.15) is 29.2 Å². The first-order valence-corrected chi connectivity index (χ1v) is 10.9. The molecule has 2 aromatic rings. The molecule has 0 aliphatic carbocycles. The summed E-state index contributed by atoms with van der Waals surface area (Å²) in [7, 11) is 0. The summed E-state index contributed by atoms with van der Waals surface area (Å²) in [5.74, 6) is -0.214. The number of piperidine rings is 1. The number of halogens is 6. The van der Waals surface area contributed by atoms with E-state index in [-0.39, 0.29) is 36.6 Å². The molecule has 4 nitrogen and oxygen atoms in total. The maximum atomic E-state index is 13.2. The summed E-state index contributed by atoms with van der Waals surface area (Å²) in [6, 6.07) is 10.8. The van der Waals surface area contributed by atoms with Gasteiger partial charge in [0.2, 0.25) is 0 Å². The van der Waals surface area contributed by atoms with Gasteiger partial charge in [-0.1, -0.05) is 30.3 Å². The molecular weight excluding hydrogens is 462 g/mol. The highest BCUT2D eigenvalue weighted by molar-refractivity contribution is 5.34. The van der Waals surface area contributed by atoms with Crippen molar-refractivity contribution in [3.63, 3.8) is 0 Å². The average molecular weight is 488 g/mol. The Bertz CT molecular complexity index is 977. The van der Waals surface area contributed by atoms with E-state index >= 15 is 0 Å². The fourth-order valence-electron chi connectivity index (χ4n) is 5.17. The first kappa shape index (κ1) is 25.0. The molecule has 0 amide bonds. The molecule has 2 heterocycles. The quantitative estimate of drug-likeness (QED) is 0.549. The first-order valence-electron chi connectivity index (χ1n) is 10.9. The Labute approximate surface area is 193 Å². The molecule has 186 valence electrons. The SMILES string of the molecule is C[C@]1(O)CN[C@](COCc2cc(C(F)(F)F)cc(C(F)(F)F)c2)(c2ccccc2)[C@@H]2CNC[C@@H]21. The zero-order valence-electron chi connectivity index (χ0n) is 18.4. The molecular formula is C24H26F6N2O2. The summed E-state index contributed by atoms with van der Waals surface area (Å²) in [4.78, 5) is 0. The lowest BCUT2D eigenvalue weighted by Crippen LogP contribution is -2.66. The molecule has 0 bridgehead atoms. The third-order valence-corrected chi connectivity index (χ3v) is 6.94. The average Bonchev–Trinajstić information content (AvgIpc) is 3.27. The lowest BCUT2D eigenvalue weighted by atomic mass is 9.65. The van der Waals surface area contributed by atoms with Crippen molar-refractivity contribution >= 4 is 0 Å². The van der Waals surface area contributed by atoms with E-state index in [9.17, 15) is 31.4 Å². The lowest BCUT2D eigenvalue weighted by Gasteiger charge is -2.52. The molecule has 2 aromatic carbocycles. The molecule has 34 heavy (non-hydrogen) atoms. The van der Waals surface area contributed by atoms with Crippen molar-refractivity contribution in [1.29, 1.82) is 0 Å². The van der Waals surface area contributed by atoms with Crippen LogP contribution in [0.15, 0.2) is 48.5 Å². The van der Waals surface area contributed by atoms with Gasteiger partial charge in [0.25, 0.3) is 0 Å². The molecule has 4 atom stereocenters. The molecule has 2 aliphatic heterocycles. The predicted molar refractivity (Wildman–Crippen MR) is 113 cm³/mol. The lowest BCUT2D eigenvalue weighted by molar-refractivity contribution is -0.143. The standard InChI is InChI=1S/C24H26F6N2O2/c1-21(33)13-32-22(16-5-3-2-4-6-16,20-11-31-10-19(20)21)14-34-12-15-7-17(23(25,26)27)9-18(8-15)24(28,29)30/h2-9,19-20,31-33H,10-14H2,1H3/t19-,20+,21-,22+/m0/s1. The number of nitrogens with one attached hydrogen (secondary N) is 2. The van der Waals surface area contributed by atoms with Crippen LogP contribution in [0.25, 0.3) is 0 Å². The number of alkyl halides is 6. The minimum atomic E-state index is -4.92. The number of β-amino-alcohol motifs (C(OH)–C–C–N with tert-alkyl or cyclic N) is 1. The van der Waals surface area contributed by atoms with Crippen molar-refractivity contribution in [2.24, 2.45) is 11.8 Å². The highest BCUT2D eigenvalue weighted by Crippen LogP contribution is 2.45. The molecule has 0 radical (unpaired) electrons. The Morgan fingerprint density at radius 1 is 0.941 bits per heavy atom. The number of ether oxygens (including phenoxy) is 1. The number of benzene rings is 2. The van der Waals surface area contributed by atoms with Crippen LogP contribution in [-0.4, -0.2) is 36.9 Å². The first-order chi connectivity index (χ1) is 15.8. The fourth-order valence-corrected chi connectivity index (χ4v) is 5.17. The maximum Gasteiger partial charge on any atom is 0.416 e. The van der Waals surface area contributed by atoms with Crippen LogP contribution >= 0.6 is 0 Å². The van der Waals surface area contributed by atoms with Crippen molar-refractivity contribution in [3.05, 3.63) is 70.8 Å². The number of aliphatic hydroxyl groups is 1. The molecule has 2 fully saturated rings. The number of fused-ring (bicyclic) bond motifs is 1. The van der Waals surface area contributed by atoms with Gasteiger partial charge >= 0.3 is 12.4 Å². The van der Waals surface area contributed by atoms with Crippen LogP contribution in [0.2, 0.25) is 0 Å². The van der Waals surface area contributed by atoms with Crippen LogP contribution in [0.3, 0.4) is 0 Å². The molecule has 2 aliphatic rings. The highest BCUT2D eigenvalue weighted by atomic mass is 19.4. The summed E-state index contributed by atoms with van der Waals surface area (Å²) in [5, 5.41) is 17.6. The van der Waals surface area contributed by atoms with E-state index in [1.165, 1.54) is 0 Å². The highest BCUT2D eigenvalue weighted by Gasteiger charge is 2.56. The molecule has 4 rings (SSSR count). The summed E-state index contributed by atoms with van der Waals surface area (Å²) in [6.07, 6.45) is -9.83. The second-order valence-electron chi connectivity index (χ2n) is 9.33. The Kier molecular flexibility index (Phi) is 6.48. The van der Waals surface area contributed by atoms with E-state index in [0.29, 0.717) is 25.2 Å². The Morgan fingerprint density at radius 3 is 2.12 bits per heavy atom. The maximum absolute atomic E-state index is 13.2. The van der Waals surface area contributed by atoms with Crippen molar-refractivity contribution in [2.45, 2.75) is 37.0 Å². The van der Waals surface area contributed by atoms with Crippen LogP contribution in [0.4, 0.5) is 26.3 Å². The Hall–Kier alpha value is -2.14. The van der Waals surface area contributed by atoms with E-state index in [1.54, 1.807) is 6.92 Å². The number of hydrogen-bond acceptors (Lipinski definition) is 4. The largest absolute Gasteiger partial charge is 0.416 e. The number of rotatable bonds is 5. The van der Waals surface area contributed by atoms with Crippen molar-refractivity contribution < 1.29 is 36.2 Å². The number of hydrogen-bond donors (Lipinski definition) is 3. The van der Waals surface area contributed by atoms with Gasteiger partial charge in [0.05, 0.1) is 35.5 Å². The smallest absolute Gasteiger partial charge is 0.388 e. The molecule has 0 spiro atoms. The van der Waals surface area contributed by atoms with Crippen LogP contribution in [-0.2, 0) is 29.2 Å². The summed E-state index contributed by atoms with van der Waals surface area (Å²) in [6.45, 7) is 2.76. The van der Waals surface area contributed by atoms with E-state index < -0.39 is 41.2 Å². The van der Waals surface area contributed by atoms with Crippen LogP contribution in [0, 0.1) is 11.8 Å². The second kappa shape index (κ2) is 8.82. The predicted octanol–water partition coefficient (Wildman–Crippen LogP) is 4.33. The molecule has 3 N–H and O–H groups in total. The van der Waals surface area contributed by atoms with Gasteiger partial charge in [-0.15, -0.1) is 0 Å². The van der Waals surface area contributed by atoms with E-state index in [1.807, 2.05) is 30.3 Å². The summed E-state index contributed by atoms with van der Waals surface area (Å²) >= 11 is 0. The van der Waals surface area contributed by atoms with Gasteiger partial charge in [-0.2, -0.15) is 26.3 Å². The van der Waals surface area contributed by atoms with E-state index in [0.717, 1.165) is 5.56 Å². The monoisotopic (exact) mass is 488 g/mol. The minimum absolute atomic E-state index is 0.00748. The molecule has 10 heteroatoms. The van der Waals surface area contributed by atoms with Crippen molar-refractivity contribution in [1.82, 2.24) is 10.6 Å². The van der Waals surface area contributed by atoms with E-state index in [4.69, 9.17) is 4.74 Å². The van der Waals surface area contributed by atoms with Crippen LogP contribution < -0.4 is 10.6 Å². The molecule has 0 aromatic heterocycles. The fraction of sp³-hybridized carbons (Fsp3) is 0.500. The third kappa shape index (κ3) is 4.82. The topological polar surface area (TPSA) is 53.5 Å². The third-order valence-electron chi connectivity index (χ3n) is 6.94. The second-order valence-corrected chi connectivity index (χ2v) is 9.33. The summed E-state index contributed by atoms with van der Waals surface area (Å²) in [5.41, 5.74) is -3.82. The van der Waals surface area contributed by atoms with Crippen LogP contribution in [0.5, 0.6) is 0 Å². The zero-order chi connectivity index (χ0) is 24.8. The van der Waals surface area contributed by atoms with Gasteiger partial charge in [0, 0.05) is 31.5 Å². The Morgan fingerprint density at radius 2 is 1.53 bits per heavy atom. The van der Waals surface area contributed by atoms with Gasteiger partial charge in [-0.3, -0.25) is 0 Å². The van der Waals surface area contributed by atoms with Crippen molar-refractivity contribution in [2.75, 3.05) is 26.2 Å². The van der Waals surface area contributed by atoms with Gasteiger partial charge in [0.1, 0.15) is 0 Å². The molecule has 0 saturated carbocycles. The normalized spacial score (nSPS) is 29.8.